The summed E-state index contributed by atoms with van der Waals surface area (Å²) >= 11 is 0. The molecule has 0 aromatic heterocycles. The van der Waals surface area contributed by atoms with E-state index in [-0.39, 0.29) is 43.5 Å². The van der Waals surface area contributed by atoms with Crippen molar-refractivity contribution in [3.8, 4) is 5.75 Å². The molecule has 0 atom stereocenters. The van der Waals surface area contributed by atoms with E-state index in [0.29, 0.717) is 36.4 Å². The van der Waals surface area contributed by atoms with E-state index in [1.54, 1.807) is 70.7 Å². The third kappa shape index (κ3) is 11.0. The third-order valence-electron chi connectivity index (χ3n) is 6.74. The summed E-state index contributed by atoms with van der Waals surface area (Å²) in [5, 5.41) is 0. The average Bonchev–Trinajstić information content (AvgIpc) is 3.31. The van der Waals surface area contributed by atoms with Gasteiger partial charge in [-0.25, -0.2) is 4.79 Å². The van der Waals surface area contributed by atoms with Crippen LogP contribution in [0.5, 0.6) is 5.75 Å². The highest BCUT2D eigenvalue weighted by molar-refractivity contribution is 5.98. The number of esters is 1. The molecule has 45 heavy (non-hydrogen) atoms. The fourth-order valence-electron chi connectivity index (χ4n) is 4.92. The number of halogens is 3. The number of anilines is 1. The molecule has 8 nitrogen and oxygen atoms in total. The minimum atomic E-state index is -4.46. The topological polar surface area (TPSA) is 85.4 Å². The summed E-state index contributed by atoms with van der Waals surface area (Å²) in [5.74, 6) is -0.290. The Kier molecular flexibility index (Phi) is 11.2. The Morgan fingerprint density at radius 2 is 1.60 bits per heavy atom. The van der Waals surface area contributed by atoms with Gasteiger partial charge in [-0.3, -0.25) is 14.5 Å². The van der Waals surface area contributed by atoms with Crippen LogP contribution < -0.4 is 9.64 Å². The largest absolute Gasteiger partial charge is 0.489 e. The summed E-state index contributed by atoms with van der Waals surface area (Å²) in [5.41, 5.74) is 0.0232. The molecule has 0 spiro atoms. The molecular weight excluding hydrogens is 589 g/mol. The van der Waals surface area contributed by atoms with Crippen LogP contribution >= 0.6 is 0 Å². The molecule has 248 valence electrons. The van der Waals surface area contributed by atoms with Crippen LogP contribution in [0.1, 0.15) is 84.1 Å². The number of fused-ring (bicyclic) bond motifs is 1. The van der Waals surface area contributed by atoms with Crippen molar-refractivity contribution in [2.45, 2.75) is 98.6 Å². The highest BCUT2D eigenvalue weighted by Crippen LogP contribution is 2.35. The number of ether oxygens (including phenoxy) is 3. The number of carbonyl (C=O) groups is 3. The van der Waals surface area contributed by atoms with Crippen LogP contribution in [-0.4, -0.2) is 53.7 Å². The number of carbonyl (C=O) groups excluding carboxylic acids is 3. The van der Waals surface area contributed by atoms with E-state index in [9.17, 15) is 27.6 Å². The Labute approximate surface area is 263 Å². The van der Waals surface area contributed by atoms with E-state index in [4.69, 9.17) is 14.2 Å². The molecule has 0 saturated carbocycles. The first-order valence-electron chi connectivity index (χ1n) is 15.2. The lowest BCUT2D eigenvalue weighted by molar-refractivity contribution is -0.155. The number of benzene rings is 2. The van der Waals surface area contributed by atoms with Crippen LogP contribution in [0.4, 0.5) is 23.7 Å². The van der Waals surface area contributed by atoms with E-state index < -0.39 is 35.0 Å². The second-order valence-corrected chi connectivity index (χ2v) is 13.7. The molecule has 3 rings (SSSR count). The SMILES string of the molecule is CC(C)Cc1ccc(COc2ccc3c(c2)CCN3C(=O)CN(CCC(=O)OC(C)(C)C)C(=O)OC(C)(C)C)cc1C(F)(F)F. The Morgan fingerprint density at radius 3 is 2.20 bits per heavy atom. The van der Waals surface area contributed by atoms with Crippen molar-refractivity contribution in [2.75, 3.05) is 24.5 Å². The zero-order chi connectivity index (χ0) is 33.7. The van der Waals surface area contributed by atoms with Gasteiger partial charge in [0.05, 0.1) is 12.0 Å². The number of rotatable bonds is 10. The van der Waals surface area contributed by atoms with E-state index in [1.165, 1.54) is 11.0 Å². The molecule has 2 aromatic carbocycles. The van der Waals surface area contributed by atoms with Gasteiger partial charge in [0.25, 0.3) is 0 Å². The summed E-state index contributed by atoms with van der Waals surface area (Å²) in [6.07, 6.45) is -4.42. The minimum Gasteiger partial charge on any atom is -0.489 e. The van der Waals surface area contributed by atoms with Gasteiger partial charge in [0.2, 0.25) is 5.91 Å². The Morgan fingerprint density at radius 1 is 0.933 bits per heavy atom. The molecule has 0 aliphatic carbocycles. The predicted octanol–water partition coefficient (Wildman–Crippen LogP) is 7.34. The van der Waals surface area contributed by atoms with Gasteiger partial charge in [-0.2, -0.15) is 13.2 Å². The van der Waals surface area contributed by atoms with Gasteiger partial charge < -0.3 is 19.1 Å². The number of hydrogen-bond donors (Lipinski definition) is 0. The monoisotopic (exact) mass is 634 g/mol. The number of amides is 2. The summed E-state index contributed by atoms with van der Waals surface area (Å²) < 4.78 is 57.8. The fourth-order valence-corrected chi connectivity index (χ4v) is 4.92. The Balaban J connectivity index is 1.69. The van der Waals surface area contributed by atoms with Gasteiger partial charge in [-0.05, 0) is 101 Å². The lowest BCUT2D eigenvalue weighted by Gasteiger charge is -2.29. The molecular formula is C34H45F3N2O6. The first-order valence-corrected chi connectivity index (χ1v) is 15.2. The van der Waals surface area contributed by atoms with E-state index in [0.717, 1.165) is 11.6 Å². The first kappa shape index (κ1) is 35.7. The van der Waals surface area contributed by atoms with Crippen molar-refractivity contribution in [3.05, 3.63) is 58.7 Å². The van der Waals surface area contributed by atoms with Crippen LogP contribution in [-0.2, 0) is 44.7 Å². The Hall–Kier alpha value is -3.76. The predicted molar refractivity (Wildman–Crippen MR) is 165 cm³/mol. The van der Waals surface area contributed by atoms with Crippen LogP contribution in [0.15, 0.2) is 36.4 Å². The Bertz CT molecular complexity index is 1380. The van der Waals surface area contributed by atoms with Crippen LogP contribution in [0.2, 0.25) is 0 Å². The van der Waals surface area contributed by atoms with Crippen LogP contribution in [0, 0.1) is 5.92 Å². The second kappa shape index (κ2) is 14.1. The molecule has 0 N–H and O–H groups in total. The summed E-state index contributed by atoms with van der Waals surface area (Å²) in [6.45, 7) is 14.1. The lowest BCUT2D eigenvalue weighted by Crippen LogP contribution is -2.45. The molecule has 1 aliphatic heterocycles. The quantitative estimate of drug-likeness (QED) is 0.254. The zero-order valence-corrected chi connectivity index (χ0v) is 27.5. The number of nitrogens with zero attached hydrogens (tertiary/aromatic N) is 2. The second-order valence-electron chi connectivity index (χ2n) is 13.7. The van der Waals surface area contributed by atoms with Crippen molar-refractivity contribution in [1.29, 1.82) is 0 Å². The molecule has 2 amide bonds. The molecule has 11 heteroatoms. The van der Waals surface area contributed by atoms with Gasteiger partial charge in [0, 0.05) is 18.8 Å². The highest BCUT2D eigenvalue weighted by Gasteiger charge is 2.34. The van der Waals surface area contributed by atoms with Gasteiger partial charge >= 0.3 is 18.2 Å². The molecule has 0 bridgehead atoms. The normalized spacial score (nSPS) is 13.5. The van der Waals surface area contributed by atoms with Crippen molar-refractivity contribution in [2.24, 2.45) is 5.92 Å². The minimum absolute atomic E-state index is 0.0467. The maximum Gasteiger partial charge on any atom is 0.416 e. The summed E-state index contributed by atoms with van der Waals surface area (Å²) in [6, 6.07) is 9.47. The van der Waals surface area contributed by atoms with Crippen molar-refractivity contribution >= 4 is 23.7 Å². The molecule has 0 unspecified atom stereocenters. The average molecular weight is 635 g/mol. The van der Waals surface area contributed by atoms with Crippen LogP contribution in [0.25, 0.3) is 0 Å². The lowest BCUT2D eigenvalue weighted by atomic mass is 9.96. The fraction of sp³-hybridized carbons (Fsp3) is 0.559. The number of alkyl halides is 3. The smallest absolute Gasteiger partial charge is 0.416 e. The van der Waals surface area contributed by atoms with Gasteiger partial charge in [-0.1, -0.05) is 26.0 Å². The zero-order valence-electron chi connectivity index (χ0n) is 27.5. The van der Waals surface area contributed by atoms with Gasteiger partial charge in [-0.15, -0.1) is 0 Å². The van der Waals surface area contributed by atoms with Crippen LogP contribution in [0.3, 0.4) is 0 Å². The summed E-state index contributed by atoms with van der Waals surface area (Å²) in [7, 11) is 0. The molecule has 1 heterocycles. The molecule has 0 fully saturated rings. The van der Waals surface area contributed by atoms with Gasteiger partial charge in [0.15, 0.2) is 0 Å². The highest BCUT2D eigenvalue weighted by atomic mass is 19.4. The van der Waals surface area contributed by atoms with E-state index >= 15 is 0 Å². The maximum atomic E-state index is 13.7. The maximum absolute atomic E-state index is 13.7. The first-order chi connectivity index (χ1) is 20.7. The van der Waals surface area contributed by atoms with Crippen molar-refractivity contribution in [1.82, 2.24) is 4.90 Å². The van der Waals surface area contributed by atoms with E-state index in [1.807, 2.05) is 13.8 Å². The third-order valence-corrected chi connectivity index (χ3v) is 6.74. The van der Waals surface area contributed by atoms with Crippen molar-refractivity contribution < 1.29 is 41.8 Å². The van der Waals surface area contributed by atoms with E-state index in [2.05, 4.69) is 0 Å². The molecule has 0 radical (unpaired) electrons. The van der Waals surface area contributed by atoms with Gasteiger partial charge in [0.1, 0.15) is 30.1 Å². The summed E-state index contributed by atoms with van der Waals surface area (Å²) in [4.78, 5) is 41.4. The molecule has 0 saturated heterocycles. The molecule has 1 aliphatic rings. The number of hydrogen-bond acceptors (Lipinski definition) is 6. The molecule has 2 aromatic rings. The van der Waals surface area contributed by atoms with Crippen molar-refractivity contribution in [3.63, 3.8) is 0 Å². The standard InChI is InChI=1S/C34H45F3N2O6/c1-22(2)17-24-10-9-23(18-27(24)34(35,36)37)21-43-26-11-12-28-25(19-26)13-16-39(28)29(40)20-38(31(42)45-33(6,7)8)15-14-30(41)44-32(3,4)5/h9-12,18-19,22H,13-17,20-21H2,1-8H3.